The molecule has 3 rings (SSSR count). The first-order valence-electron chi connectivity index (χ1n) is 8.51. The average molecular weight is 373 g/mol. The highest BCUT2D eigenvalue weighted by molar-refractivity contribution is 6.33. The highest BCUT2D eigenvalue weighted by atomic mass is 35.5. The van der Waals surface area contributed by atoms with Gasteiger partial charge in [0.2, 0.25) is 0 Å². The van der Waals surface area contributed by atoms with Crippen molar-refractivity contribution in [1.29, 1.82) is 0 Å². The summed E-state index contributed by atoms with van der Waals surface area (Å²) < 4.78 is 0. The Hall–Kier alpha value is -2.60. The number of hydrogen-bond acceptors (Lipinski definition) is 3. The van der Waals surface area contributed by atoms with Crippen LogP contribution in [0.25, 0.3) is 0 Å². The minimum absolute atomic E-state index is 0.0286. The van der Waals surface area contributed by atoms with Crippen molar-refractivity contribution in [3.63, 3.8) is 0 Å². The quantitative estimate of drug-likeness (QED) is 0.862. The van der Waals surface area contributed by atoms with Crippen LogP contribution in [0.3, 0.4) is 0 Å². The van der Waals surface area contributed by atoms with Gasteiger partial charge < -0.3 is 15.5 Å². The fourth-order valence-corrected chi connectivity index (χ4v) is 2.92. The van der Waals surface area contributed by atoms with E-state index in [0.717, 1.165) is 5.69 Å². The zero-order valence-electron chi connectivity index (χ0n) is 14.7. The number of anilines is 1. The number of carbonyl (C=O) groups excluding carboxylic acids is 2. The number of amides is 3. The van der Waals surface area contributed by atoms with Crippen LogP contribution in [0.15, 0.2) is 42.6 Å². The van der Waals surface area contributed by atoms with Gasteiger partial charge in [-0.2, -0.15) is 0 Å². The number of pyridine rings is 1. The summed E-state index contributed by atoms with van der Waals surface area (Å²) >= 11 is 6.17. The van der Waals surface area contributed by atoms with E-state index in [2.05, 4.69) is 15.6 Å². The highest BCUT2D eigenvalue weighted by Gasteiger charge is 2.32. The molecule has 0 radical (unpaired) electrons. The summed E-state index contributed by atoms with van der Waals surface area (Å²) in [5.74, 6) is 0.0481. The number of carbonyl (C=O) groups is 2. The van der Waals surface area contributed by atoms with Gasteiger partial charge in [0.25, 0.3) is 5.91 Å². The molecule has 1 aromatic heterocycles. The van der Waals surface area contributed by atoms with Gasteiger partial charge in [0, 0.05) is 42.5 Å². The molecule has 1 fully saturated rings. The molecule has 6 nitrogen and oxygen atoms in total. The Bertz CT molecular complexity index is 804. The highest BCUT2D eigenvalue weighted by Crippen LogP contribution is 2.28. The number of benzene rings is 1. The summed E-state index contributed by atoms with van der Waals surface area (Å²) in [6.45, 7) is 4.98. The molecule has 1 saturated heterocycles. The molecule has 0 unspecified atom stereocenters. The molecular weight excluding hydrogens is 352 g/mol. The average Bonchev–Trinajstić information content (AvgIpc) is 2.56. The minimum atomic E-state index is -0.236. The van der Waals surface area contributed by atoms with Crippen LogP contribution in [0.5, 0.6) is 0 Å². The number of likely N-dealkylation sites (tertiary alicyclic amines) is 1. The first kappa shape index (κ1) is 18.2. The van der Waals surface area contributed by atoms with Gasteiger partial charge in [-0.05, 0) is 44.2 Å². The van der Waals surface area contributed by atoms with Crippen molar-refractivity contribution in [3.8, 4) is 0 Å². The molecule has 0 saturated carbocycles. The largest absolute Gasteiger partial charge is 0.350 e. The lowest BCUT2D eigenvalue weighted by atomic mass is 9.96. The fraction of sp³-hybridized carbons (Fsp3) is 0.316. The Labute approximate surface area is 157 Å². The van der Waals surface area contributed by atoms with Gasteiger partial charge in [-0.1, -0.05) is 17.7 Å². The number of rotatable bonds is 4. The number of nitrogens with zero attached hydrogens (tertiary/aromatic N) is 2. The third-order valence-electron chi connectivity index (χ3n) is 4.16. The Morgan fingerprint density at radius 2 is 2.00 bits per heavy atom. The summed E-state index contributed by atoms with van der Waals surface area (Å²) in [6.07, 6.45) is 1.76. The minimum Gasteiger partial charge on any atom is -0.350 e. The van der Waals surface area contributed by atoms with Crippen molar-refractivity contribution in [2.45, 2.75) is 25.8 Å². The van der Waals surface area contributed by atoms with E-state index in [1.807, 2.05) is 32.0 Å². The first-order chi connectivity index (χ1) is 12.4. The second kappa shape index (κ2) is 7.74. The van der Waals surface area contributed by atoms with Crippen molar-refractivity contribution in [2.24, 2.45) is 0 Å². The molecule has 0 atom stereocenters. The predicted octanol–water partition coefficient (Wildman–Crippen LogP) is 3.50. The van der Waals surface area contributed by atoms with Gasteiger partial charge in [0.05, 0.1) is 10.7 Å². The normalized spacial score (nSPS) is 14.1. The molecule has 0 bridgehead atoms. The number of urea groups is 1. The molecule has 0 spiro atoms. The van der Waals surface area contributed by atoms with Crippen LogP contribution in [-0.4, -0.2) is 41.0 Å². The van der Waals surface area contributed by atoms with Crippen molar-refractivity contribution in [1.82, 2.24) is 15.2 Å². The zero-order valence-corrected chi connectivity index (χ0v) is 15.5. The number of hydrogen-bond donors (Lipinski definition) is 2. The number of aromatic nitrogens is 1. The number of halogens is 1. The van der Waals surface area contributed by atoms with Crippen LogP contribution in [0, 0.1) is 0 Å². The second-order valence-electron chi connectivity index (χ2n) is 6.61. The second-order valence-corrected chi connectivity index (χ2v) is 7.02. The summed E-state index contributed by atoms with van der Waals surface area (Å²) in [4.78, 5) is 30.6. The van der Waals surface area contributed by atoms with E-state index in [-0.39, 0.29) is 23.9 Å². The predicted molar refractivity (Wildman–Crippen MR) is 102 cm³/mol. The molecule has 3 amide bonds. The molecule has 136 valence electrons. The SMILES string of the molecule is CC(C)NC(=O)c1ccc(Cl)c(NC(=O)N2CC(c3ccccn3)C2)c1. The van der Waals surface area contributed by atoms with E-state index in [1.165, 1.54) is 0 Å². The smallest absolute Gasteiger partial charge is 0.321 e. The molecular formula is C19H21ClN4O2. The first-order valence-corrected chi connectivity index (χ1v) is 8.89. The summed E-state index contributed by atoms with van der Waals surface area (Å²) in [7, 11) is 0. The lowest BCUT2D eigenvalue weighted by Gasteiger charge is -2.38. The topological polar surface area (TPSA) is 74.3 Å². The molecule has 26 heavy (non-hydrogen) atoms. The maximum atomic E-state index is 12.4. The molecule has 7 heteroatoms. The van der Waals surface area contributed by atoms with E-state index in [9.17, 15) is 9.59 Å². The van der Waals surface area contributed by atoms with Crippen LogP contribution in [0.4, 0.5) is 10.5 Å². The zero-order chi connectivity index (χ0) is 18.7. The Morgan fingerprint density at radius 1 is 1.23 bits per heavy atom. The van der Waals surface area contributed by atoms with Gasteiger partial charge in [0.1, 0.15) is 0 Å². The van der Waals surface area contributed by atoms with Crippen molar-refractivity contribution >= 4 is 29.2 Å². The van der Waals surface area contributed by atoms with Gasteiger partial charge in [-0.25, -0.2) is 4.79 Å². The molecule has 1 aliphatic heterocycles. The summed E-state index contributed by atoms with van der Waals surface area (Å²) in [5.41, 5.74) is 1.87. The van der Waals surface area contributed by atoms with Crippen molar-refractivity contribution < 1.29 is 9.59 Å². The van der Waals surface area contributed by atoms with E-state index >= 15 is 0 Å². The van der Waals surface area contributed by atoms with Crippen LogP contribution in [0.1, 0.15) is 35.8 Å². The van der Waals surface area contributed by atoms with Crippen LogP contribution >= 0.6 is 11.6 Å². The van der Waals surface area contributed by atoms with E-state index in [0.29, 0.717) is 29.4 Å². The van der Waals surface area contributed by atoms with Crippen molar-refractivity contribution in [2.75, 3.05) is 18.4 Å². The van der Waals surface area contributed by atoms with Crippen molar-refractivity contribution in [3.05, 3.63) is 58.9 Å². The van der Waals surface area contributed by atoms with Gasteiger partial charge in [-0.15, -0.1) is 0 Å². The lowest BCUT2D eigenvalue weighted by Crippen LogP contribution is -2.50. The maximum absolute atomic E-state index is 12.4. The Balaban J connectivity index is 1.62. The maximum Gasteiger partial charge on any atom is 0.321 e. The van der Waals surface area contributed by atoms with Crippen LogP contribution < -0.4 is 10.6 Å². The summed E-state index contributed by atoms with van der Waals surface area (Å²) in [5, 5.41) is 5.99. The summed E-state index contributed by atoms with van der Waals surface area (Å²) in [6, 6.07) is 10.4. The Morgan fingerprint density at radius 3 is 2.65 bits per heavy atom. The van der Waals surface area contributed by atoms with Gasteiger partial charge >= 0.3 is 6.03 Å². The molecule has 2 aromatic rings. The van der Waals surface area contributed by atoms with E-state index < -0.39 is 0 Å². The van der Waals surface area contributed by atoms with E-state index in [1.54, 1.807) is 29.3 Å². The molecule has 1 aromatic carbocycles. The van der Waals surface area contributed by atoms with E-state index in [4.69, 9.17) is 11.6 Å². The monoisotopic (exact) mass is 372 g/mol. The third-order valence-corrected chi connectivity index (χ3v) is 4.49. The number of nitrogens with one attached hydrogen (secondary N) is 2. The van der Waals surface area contributed by atoms with Crippen LogP contribution in [-0.2, 0) is 0 Å². The molecule has 1 aliphatic rings. The molecule has 2 heterocycles. The Kier molecular flexibility index (Phi) is 5.42. The molecule has 0 aliphatic carbocycles. The standard InChI is InChI=1S/C19H21ClN4O2/c1-12(2)22-18(25)13-6-7-15(20)17(9-13)23-19(26)24-10-14(11-24)16-5-3-4-8-21-16/h3-9,12,14H,10-11H2,1-2H3,(H,22,25)(H,23,26). The van der Waals surface area contributed by atoms with Gasteiger partial charge in [-0.3, -0.25) is 9.78 Å². The molecule has 2 N–H and O–H groups in total. The van der Waals surface area contributed by atoms with Gasteiger partial charge in [0.15, 0.2) is 0 Å². The fourth-order valence-electron chi connectivity index (χ4n) is 2.75. The lowest BCUT2D eigenvalue weighted by molar-refractivity contribution is 0.0943. The van der Waals surface area contributed by atoms with Crippen LogP contribution in [0.2, 0.25) is 5.02 Å². The third kappa shape index (κ3) is 4.14.